The summed E-state index contributed by atoms with van der Waals surface area (Å²) in [5.41, 5.74) is 6.69. The summed E-state index contributed by atoms with van der Waals surface area (Å²) in [5.74, 6) is 1.32. The maximum atomic E-state index is 13.4. The number of pyridine rings is 3. The Labute approximate surface area is 418 Å². The van der Waals surface area contributed by atoms with E-state index in [1.165, 1.54) is 48.7 Å². The van der Waals surface area contributed by atoms with Crippen molar-refractivity contribution in [2.75, 3.05) is 97.0 Å². The molecule has 0 bridgehead atoms. The number of fused-ring (bicyclic) bond motifs is 2. The highest BCUT2D eigenvalue weighted by atomic mass is 19.4. The van der Waals surface area contributed by atoms with E-state index in [-0.39, 0.29) is 28.3 Å². The Hall–Kier alpha value is -6.49. The van der Waals surface area contributed by atoms with Gasteiger partial charge in [-0.1, -0.05) is 49.4 Å². The molecular weight excluding hydrogens is 920 g/mol. The molecule has 6 aromatic rings. The molecule has 4 aliphatic heterocycles. The Bertz CT molecular complexity index is 2900. The molecule has 2 amide bonds. The minimum absolute atomic E-state index is 0.0163. The molecule has 0 atom stereocenters. The normalized spacial score (nSPS) is 18.0. The molecule has 378 valence electrons. The zero-order chi connectivity index (χ0) is 50.4. The SMILES string of the molecule is CCc1cc2ncc(CN3CCN(c4ccc(C(=O)N5CCC(CN6CCN(C(=O)c7ccc(C8CCN(C)CC8)cc7)CC6)CC5)nc4)CC3)cc2[nH]c1=O.O=Cc1cccc2c(C(F)(F)F)cccc12. The Balaban J connectivity index is 0.000000339. The number of nitrogens with one attached hydrogen (secondary N) is 1. The fourth-order valence-corrected chi connectivity index (χ4v) is 10.7. The number of anilines is 1. The van der Waals surface area contributed by atoms with Gasteiger partial charge in [-0.2, -0.15) is 13.2 Å². The van der Waals surface area contributed by atoms with Gasteiger partial charge in [0.1, 0.15) is 5.69 Å². The number of hydrogen-bond acceptors (Lipinski definition) is 10. The van der Waals surface area contributed by atoms with Crippen molar-refractivity contribution in [2.45, 2.75) is 57.7 Å². The van der Waals surface area contributed by atoms with Crippen LogP contribution in [0.5, 0.6) is 0 Å². The Morgan fingerprint density at radius 2 is 1.40 bits per heavy atom. The molecule has 13 nitrogen and oxygen atoms in total. The molecule has 0 radical (unpaired) electrons. The number of nitrogens with zero attached hydrogens (tertiary/aromatic N) is 8. The van der Waals surface area contributed by atoms with Gasteiger partial charge in [-0.15, -0.1) is 0 Å². The average molecular weight is 984 g/mol. The molecule has 0 saturated carbocycles. The summed E-state index contributed by atoms with van der Waals surface area (Å²) in [7, 11) is 2.19. The molecule has 3 aromatic heterocycles. The number of likely N-dealkylation sites (tertiary alicyclic amines) is 2. The number of piperidine rings is 2. The number of H-pyrrole nitrogens is 1. The van der Waals surface area contributed by atoms with Gasteiger partial charge >= 0.3 is 6.18 Å². The summed E-state index contributed by atoms with van der Waals surface area (Å²) in [6.07, 6.45) is 4.96. The van der Waals surface area contributed by atoms with Crippen molar-refractivity contribution in [1.82, 2.24) is 39.5 Å². The molecule has 0 aliphatic carbocycles. The second-order valence-electron chi connectivity index (χ2n) is 19.8. The number of benzene rings is 3. The minimum atomic E-state index is -4.40. The Morgan fingerprint density at radius 3 is 2.07 bits per heavy atom. The van der Waals surface area contributed by atoms with Crippen LogP contribution in [-0.2, 0) is 19.1 Å². The van der Waals surface area contributed by atoms with Crippen LogP contribution in [0.4, 0.5) is 18.9 Å². The fourth-order valence-electron chi connectivity index (χ4n) is 10.7. The molecule has 3 aromatic carbocycles. The second kappa shape index (κ2) is 22.5. The summed E-state index contributed by atoms with van der Waals surface area (Å²) < 4.78 is 38.0. The van der Waals surface area contributed by atoms with Crippen LogP contribution in [-0.4, -0.2) is 150 Å². The quantitative estimate of drug-likeness (QED) is 0.135. The highest BCUT2D eigenvalue weighted by Gasteiger charge is 2.33. The second-order valence-corrected chi connectivity index (χ2v) is 19.8. The van der Waals surface area contributed by atoms with E-state index in [1.807, 2.05) is 65.5 Å². The monoisotopic (exact) mass is 984 g/mol. The van der Waals surface area contributed by atoms with Crippen LogP contribution in [0.1, 0.15) is 92.0 Å². The van der Waals surface area contributed by atoms with E-state index in [2.05, 4.69) is 53.7 Å². The summed E-state index contributed by atoms with van der Waals surface area (Å²) in [6, 6.07) is 24.4. The molecule has 7 heterocycles. The lowest BCUT2D eigenvalue weighted by Gasteiger charge is -2.39. The first-order valence-corrected chi connectivity index (χ1v) is 25.4. The van der Waals surface area contributed by atoms with Gasteiger partial charge in [0.15, 0.2) is 6.29 Å². The van der Waals surface area contributed by atoms with E-state index < -0.39 is 11.7 Å². The number of alkyl halides is 3. The number of aromatic nitrogens is 3. The summed E-state index contributed by atoms with van der Waals surface area (Å²) in [5, 5.41) is 0.381. The summed E-state index contributed by atoms with van der Waals surface area (Å²) in [6.45, 7) is 14.4. The zero-order valence-corrected chi connectivity index (χ0v) is 41.2. The molecule has 0 spiro atoms. The van der Waals surface area contributed by atoms with Crippen LogP contribution in [0, 0.1) is 5.92 Å². The molecule has 10 rings (SSSR count). The van der Waals surface area contributed by atoms with E-state index in [4.69, 9.17) is 0 Å². The number of aryl methyl sites for hydroxylation is 1. The van der Waals surface area contributed by atoms with Crippen molar-refractivity contribution in [3.05, 3.63) is 147 Å². The molecule has 16 heteroatoms. The topological polar surface area (TPSA) is 129 Å². The number of aromatic amines is 1. The number of carbonyl (C=O) groups excluding carboxylic acids is 3. The lowest BCUT2D eigenvalue weighted by Crippen LogP contribution is -2.50. The van der Waals surface area contributed by atoms with Crippen LogP contribution < -0.4 is 10.5 Å². The van der Waals surface area contributed by atoms with Gasteiger partial charge in [0.05, 0.1) is 28.5 Å². The van der Waals surface area contributed by atoms with Crippen LogP contribution in [0.2, 0.25) is 0 Å². The van der Waals surface area contributed by atoms with Gasteiger partial charge in [-0.25, -0.2) is 4.98 Å². The Morgan fingerprint density at radius 1 is 0.722 bits per heavy atom. The van der Waals surface area contributed by atoms with Crippen molar-refractivity contribution < 1.29 is 27.6 Å². The summed E-state index contributed by atoms with van der Waals surface area (Å²) in [4.78, 5) is 75.6. The standard InChI is InChI=1S/C44H57N9O3.C12H7F3O/c1-3-34-27-40-41(47-42(34)54)26-33(28-45-40)31-50-18-22-51(23-19-50)38-8-9-39(46-29-38)44(56)52-16-10-32(11-17-52)30-49-20-24-53(25-21-49)43(55)37-6-4-35(5-7-37)36-12-14-48(2)15-13-36;13-12(14,15)11-6-2-4-9-8(7-16)3-1-5-10(9)11/h4-9,26-29,32,36H,3,10-25,30-31H2,1-2H3,(H,47,54);1-7H. The molecule has 4 saturated heterocycles. The van der Waals surface area contributed by atoms with Gasteiger partial charge in [-0.3, -0.25) is 34.0 Å². The van der Waals surface area contributed by atoms with Gasteiger partial charge in [0.25, 0.3) is 17.4 Å². The van der Waals surface area contributed by atoms with Crippen molar-refractivity contribution in [3.8, 4) is 0 Å². The van der Waals surface area contributed by atoms with Crippen molar-refractivity contribution in [2.24, 2.45) is 5.92 Å². The van der Waals surface area contributed by atoms with Crippen LogP contribution in [0.25, 0.3) is 21.8 Å². The minimum Gasteiger partial charge on any atom is -0.368 e. The first kappa shape index (κ1) is 50.5. The molecule has 4 fully saturated rings. The maximum absolute atomic E-state index is 13.4. The molecular formula is C56H64F3N9O4. The number of amides is 2. The van der Waals surface area contributed by atoms with Gasteiger partial charge < -0.3 is 24.6 Å². The number of hydrogen-bond donors (Lipinski definition) is 1. The van der Waals surface area contributed by atoms with E-state index >= 15 is 0 Å². The van der Waals surface area contributed by atoms with E-state index in [0.717, 1.165) is 144 Å². The third kappa shape index (κ3) is 11.9. The number of piperazine rings is 2. The van der Waals surface area contributed by atoms with Crippen LogP contribution in [0.3, 0.4) is 0 Å². The first-order chi connectivity index (χ1) is 34.8. The first-order valence-electron chi connectivity index (χ1n) is 25.4. The predicted octanol–water partition coefficient (Wildman–Crippen LogP) is 7.99. The van der Waals surface area contributed by atoms with E-state index in [1.54, 1.807) is 0 Å². The van der Waals surface area contributed by atoms with Gasteiger partial charge in [0.2, 0.25) is 0 Å². The number of rotatable bonds is 10. The third-order valence-electron chi connectivity index (χ3n) is 15.1. The van der Waals surface area contributed by atoms with Crippen LogP contribution >= 0.6 is 0 Å². The summed E-state index contributed by atoms with van der Waals surface area (Å²) >= 11 is 0. The predicted molar refractivity (Wildman–Crippen MR) is 275 cm³/mol. The average Bonchev–Trinajstić information content (AvgIpc) is 3.41. The zero-order valence-electron chi connectivity index (χ0n) is 41.2. The molecule has 72 heavy (non-hydrogen) atoms. The molecule has 1 N–H and O–H groups in total. The highest BCUT2D eigenvalue weighted by molar-refractivity contribution is 5.99. The smallest absolute Gasteiger partial charge is 0.368 e. The van der Waals surface area contributed by atoms with E-state index in [0.29, 0.717) is 35.6 Å². The van der Waals surface area contributed by atoms with Crippen molar-refractivity contribution in [1.29, 1.82) is 0 Å². The van der Waals surface area contributed by atoms with E-state index in [9.17, 15) is 32.3 Å². The van der Waals surface area contributed by atoms with Gasteiger partial charge in [-0.05, 0) is 128 Å². The van der Waals surface area contributed by atoms with Crippen molar-refractivity contribution in [3.63, 3.8) is 0 Å². The maximum Gasteiger partial charge on any atom is 0.417 e. The molecule has 0 unspecified atom stereocenters. The lowest BCUT2D eigenvalue weighted by molar-refractivity contribution is -0.136. The highest BCUT2D eigenvalue weighted by Crippen LogP contribution is 2.35. The number of aldehydes is 1. The number of halogens is 3. The van der Waals surface area contributed by atoms with Crippen molar-refractivity contribution >= 4 is 45.6 Å². The largest absolute Gasteiger partial charge is 0.417 e. The fraction of sp³-hybridized carbons (Fsp3) is 0.429. The number of carbonyl (C=O) groups is 3. The third-order valence-corrected chi connectivity index (χ3v) is 15.1. The van der Waals surface area contributed by atoms with Gasteiger partial charge in [0, 0.05) is 101 Å². The van der Waals surface area contributed by atoms with Crippen LogP contribution in [0.15, 0.2) is 102 Å². The molecule has 4 aliphatic rings. The lowest BCUT2D eigenvalue weighted by atomic mass is 9.89. The Kier molecular flexibility index (Phi) is 15.8.